The lowest BCUT2D eigenvalue weighted by atomic mass is 10.2. The third-order valence-corrected chi connectivity index (χ3v) is 3.11. The average molecular weight is 278 g/mol. The van der Waals surface area contributed by atoms with E-state index in [-0.39, 0.29) is 24.9 Å². The van der Waals surface area contributed by atoms with Crippen LogP contribution in [0.5, 0.6) is 5.75 Å². The van der Waals surface area contributed by atoms with Gasteiger partial charge < -0.3 is 20.1 Å². The highest BCUT2D eigenvalue weighted by molar-refractivity contribution is 5.83. The van der Waals surface area contributed by atoms with Gasteiger partial charge in [0.05, 0.1) is 19.6 Å². The molecule has 2 amide bonds. The fourth-order valence-corrected chi connectivity index (χ4v) is 2.06. The van der Waals surface area contributed by atoms with Crippen LogP contribution in [-0.2, 0) is 9.59 Å². The van der Waals surface area contributed by atoms with Crippen molar-refractivity contribution < 1.29 is 19.4 Å². The highest BCUT2D eigenvalue weighted by Crippen LogP contribution is 2.18. The van der Waals surface area contributed by atoms with Crippen molar-refractivity contribution in [3.05, 3.63) is 30.3 Å². The van der Waals surface area contributed by atoms with Crippen LogP contribution in [0.4, 0.5) is 0 Å². The number of β-amino-alcohol motifs (C(OH)–C–C–N with tert-alkyl or cyclic N) is 1. The molecule has 0 saturated carbocycles. The monoisotopic (exact) mass is 278 g/mol. The van der Waals surface area contributed by atoms with Crippen molar-refractivity contribution >= 4 is 11.8 Å². The van der Waals surface area contributed by atoms with Gasteiger partial charge in [-0.2, -0.15) is 0 Å². The number of nitrogens with zero attached hydrogens (tertiary/aromatic N) is 1. The largest absolute Gasteiger partial charge is 0.486 e. The van der Waals surface area contributed by atoms with Gasteiger partial charge in [0.2, 0.25) is 11.8 Å². The van der Waals surface area contributed by atoms with Crippen molar-refractivity contribution in [2.75, 3.05) is 19.6 Å². The fourth-order valence-electron chi connectivity index (χ4n) is 2.06. The van der Waals surface area contributed by atoms with Gasteiger partial charge in [0.25, 0.3) is 0 Å². The summed E-state index contributed by atoms with van der Waals surface area (Å²) in [4.78, 5) is 24.1. The Hall–Kier alpha value is -2.08. The summed E-state index contributed by atoms with van der Waals surface area (Å²) in [5.41, 5.74) is 0. The Morgan fingerprint density at radius 2 is 2.05 bits per heavy atom. The fraction of sp³-hybridized carbons (Fsp3) is 0.429. The van der Waals surface area contributed by atoms with Crippen LogP contribution in [-0.4, -0.2) is 53.7 Å². The van der Waals surface area contributed by atoms with Crippen LogP contribution < -0.4 is 10.1 Å². The molecule has 1 aliphatic heterocycles. The van der Waals surface area contributed by atoms with Gasteiger partial charge >= 0.3 is 0 Å². The smallest absolute Gasteiger partial charge is 0.242 e. The van der Waals surface area contributed by atoms with Crippen LogP contribution in [0.15, 0.2) is 30.3 Å². The standard InChI is InChI=1S/C14H18N2O4/c1-10(17)15-7-14(19)16-8-12(18)13(9-16)20-11-5-3-2-4-6-11/h2-6,12-13,18H,7-9H2,1H3,(H,15,17)/t12-,13-/m1/s1. The molecule has 2 N–H and O–H groups in total. The molecular formula is C14H18N2O4. The summed E-state index contributed by atoms with van der Waals surface area (Å²) in [7, 11) is 0. The lowest BCUT2D eigenvalue weighted by Gasteiger charge is -2.17. The average Bonchev–Trinajstić information content (AvgIpc) is 2.79. The minimum atomic E-state index is -0.725. The highest BCUT2D eigenvalue weighted by atomic mass is 16.5. The molecular weight excluding hydrogens is 260 g/mol. The van der Waals surface area contributed by atoms with E-state index in [2.05, 4.69) is 5.32 Å². The minimum absolute atomic E-state index is 0.0554. The van der Waals surface area contributed by atoms with E-state index in [1.165, 1.54) is 11.8 Å². The maximum absolute atomic E-state index is 11.8. The Morgan fingerprint density at radius 1 is 1.35 bits per heavy atom. The van der Waals surface area contributed by atoms with Gasteiger partial charge in [0.1, 0.15) is 18.0 Å². The number of para-hydroxylation sites is 1. The van der Waals surface area contributed by atoms with Crippen molar-refractivity contribution in [2.24, 2.45) is 0 Å². The van der Waals surface area contributed by atoms with Crippen molar-refractivity contribution in [3.8, 4) is 5.75 Å². The van der Waals surface area contributed by atoms with Crippen molar-refractivity contribution in [1.29, 1.82) is 0 Å². The van der Waals surface area contributed by atoms with Crippen LogP contribution in [0.1, 0.15) is 6.92 Å². The van der Waals surface area contributed by atoms with Crippen LogP contribution in [0.2, 0.25) is 0 Å². The van der Waals surface area contributed by atoms with Gasteiger partial charge in [0, 0.05) is 6.92 Å². The third kappa shape index (κ3) is 3.71. The van der Waals surface area contributed by atoms with E-state index >= 15 is 0 Å². The molecule has 2 atom stereocenters. The predicted octanol–water partition coefficient (Wildman–Crippen LogP) is -0.227. The third-order valence-electron chi connectivity index (χ3n) is 3.11. The molecule has 1 heterocycles. The molecule has 1 aromatic carbocycles. The van der Waals surface area contributed by atoms with E-state index in [9.17, 15) is 14.7 Å². The van der Waals surface area contributed by atoms with Gasteiger partial charge in [-0.25, -0.2) is 0 Å². The molecule has 0 unspecified atom stereocenters. The number of carbonyl (C=O) groups is 2. The zero-order chi connectivity index (χ0) is 14.5. The Bertz CT molecular complexity index is 477. The second kappa shape index (κ2) is 6.38. The number of hydrogen-bond donors (Lipinski definition) is 2. The normalized spacial score (nSPS) is 21.6. The maximum atomic E-state index is 11.8. The number of ether oxygens (including phenoxy) is 1. The van der Waals surface area contributed by atoms with Crippen LogP contribution in [0.25, 0.3) is 0 Å². The zero-order valence-corrected chi connectivity index (χ0v) is 11.3. The topological polar surface area (TPSA) is 78.9 Å². The first-order valence-corrected chi connectivity index (χ1v) is 6.48. The summed E-state index contributed by atoms with van der Waals surface area (Å²) in [5.74, 6) is 0.182. The van der Waals surface area contributed by atoms with Crippen LogP contribution >= 0.6 is 0 Å². The van der Waals surface area contributed by atoms with E-state index < -0.39 is 12.2 Å². The number of likely N-dealkylation sites (tertiary alicyclic amines) is 1. The molecule has 1 saturated heterocycles. The molecule has 1 aliphatic rings. The molecule has 1 aromatic rings. The van der Waals surface area contributed by atoms with Gasteiger partial charge in [-0.05, 0) is 12.1 Å². The number of rotatable bonds is 4. The molecule has 108 valence electrons. The number of carbonyl (C=O) groups excluding carboxylic acids is 2. The molecule has 20 heavy (non-hydrogen) atoms. The summed E-state index contributed by atoms with van der Waals surface area (Å²) in [6.45, 7) is 1.83. The van der Waals surface area contributed by atoms with Crippen LogP contribution in [0, 0.1) is 0 Å². The second-order valence-corrected chi connectivity index (χ2v) is 4.75. The van der Waals surface area contributed by atoms with Gasteiger partial charge in [0.15, 0.2) is 0 Å². The van der Waals surface area contributed by atoms with E-state index in [1.807, 2.05) is 18.2 Å². The molecule has 0 aromatic heterocycles. The molecule has 1 fully saturated rings. The number of aliphatic hydroxyl groups is 1. The minimum Gasteiger partial charge on any atom is -0.486 e. The molecule has 6 heteroatoms. The Kier molecular flexibility index (Phi) is 4.57. The Morgan fingerprint density at radius 3 is 2.70 bits per heavy atom. The maximum Gasteiger partial charge on any atom is 0.242 e. The molecule has 0 bridgehead atoms. The molecule has 2 rings (SSSR count). The van der Waals surface area contributed by atoms with Crippen molar-refractivity contribution in [2.45, 2.75) is 19.1 Å². The molecule has 0 spiro atoms. The summed E-state index contributed by atoms with van der Waals surface area (Å²) in [5, 5.41) is 12.4. The van der Waals surface area contributed by atoms with Crippen molar-refractivity contribution in [1.82, 2.24) is 10.2 Å². The quantitative estimate of drug-likeness (QED) is 0.797. The summed E-state index contributed by atoms with van der Waals surface area (Å²) in [6.07, 6.45) is -1.17. The SMILES string of the molecule is CC(=O)NCC(=O)N1C[C@@H](O)[C@H](Oc2ccccc2)C1. The predicted molar refractivity (Wildman–Crippen MR) is 72.1 cm³/mol. The first-order valence-electron chi connectivity index (χ1n) is 6.48. The van der Waals surface area contributed by atoms with E-state index in [1.54, 1.807) is 12.1 Å². The first kappa shape index (κ1) is 14.3. The number of aliphatic hydroxyl groups excluding tert-OH is 1. The highest BCUT2D eigenvalue weighted by Gasteiger charge is 2.35. The molecule has 0 radical (unpaired) electrons. The summed E-state index contributed by atoms with van der Waals surface area (Å²) in [6, 6.07) is 9.16. The number of nitrogens with one attached hydrogen (secondary N) is 1. The van der Waals surface area contributed by atoms with Gasteiger partial charge in [-0.15, -0.1) is 0 Å². The second-order valence-electron chi connectivity index (χ2n) is 4.75. The number of benzene rings is 1. The Labute approximate surface area is 117 Å². The van der Waals surface area contributed by atoms with E-state index in [0.29, 0.717) is 12.3 Å². The lowest BCUT2D eigenvalue weighted by Crippen LogP contribution is -2.39. The van der Waals surface area contributed by atoms with Gasteiger partial charge in [-0.3, -0.25) is 9.59 Å². The van der Waals surface area contributed by atoms with Crippen molar-refractivity contribution in [3.63, 3.8) is 0 Å². The lowest BCUT2D eigenvalue weighted by molar-refractivity contribution is -0.132. The summed E-state index contributed by atoms with van der Waals surface area (Å²) >= 11 is 0. The van der Waals surface area contributed by atoms with Crippen LogP contribution in [0.3, 0.4) is 0 Å². The Balaban J connectivity index is 1.88. The number of amides is 2. The first-order chi connectivity index (χ1) is 9.56. The molecule has 0 aliphatic carbocycles. The van der Waals surface area contributed by atoms with Gasteiger partial charge in [-0.1, -0.05) is 18.2 Å². The van der Waals surface area contributed by atoms with E-state index in [0.717, 1.165) is 0 Å². The molecule has 6 nitrogen and oxygen atoms in total. The van der Waals surface area contributed by atoms with E-state index in [4.69, 9.17) is 4.74 Å². The summed E-state index contributed by atoms with van der Waals surface area (Å²) < 4.78 is 5.66. The number of hydrogen-bond acceptors (Lipinski definition) is 4. The zero-order valence-electron chi connectivity index (χ0n) is 11.3.